The topological polar surface area (TPSA) is 46.2 Å². The number of allylic oxidation sites excluding steroid dienone is 1. The average Bonchev–Trinajstić information content (AvgIpc) is 1.65. The van der Waals surface area contributed by atoms with E-state index in [1.54, 1.807) is 0 Å². The number of aliphatic hydroxyl groups is 1. The fraction of sp³-hybridized carbons (Fsp3) is 0.500. The largest absolute Gasteiger partial charge is 0.511 e. The van der Waals surface area contributed by atoms with Gasteiger partial charge in [0.1, 0.15) is 5.76 Å². The summed E-state index contributed by atoms with van der Waals surface area (Å²) in [5.74, 6) is 0.581. The molecule has 42 valence electrons. The fourth-order valence-corrected chi connectivity index (χ4v) is 0.343. The second-order valence-corrected chi connectivity index (χ2v) is 1.58. The molecule has 0 spiro atoms. The lowest BCUT2D eigenvalue weighted by atomic mass is 10.4. The summed E-state index contributed by atoms with van der Waals surface area (Å²) in [6, 6.07) is 0. The third kappa shape index (κ3) is 2.39. The minimum atomic E-state index is 0.162. The molecule has 0 saturated carbocycles. The summed E-state index contributed by atoms with van der Waals surface area (Å²) in [6.45, 7) is 1.53. The lowest BCUT2D eigenvalue weighted by Crippen LogP contribution is -2.01. The second-order valence-electron chi connectivity index (χ2n) is 1.27. The monoisotopic (exact) mass is 119 g/mol. The molecule has 0 bridgehead atoms. The Balaban J connectivity index is 3.72. The van der Waals surface area contributed by atoms with Crippen molar-refractivity contribution in [3.05, 3.63) is 11.5 Å². The molecule has 0 fully saturated rings. The van der Waals surface area contributed by atoms with Crippen LogP contribution in [0.25, 0.3) is 0 Å². The van der Waals surface area contributed by atoms with Crippen molar-refractivity contribution in [2.24, 2.45) is 5.73 Å². The molecule has 7 heavy (non-hydrogen) atoms. The van der Waals surface area contributed by atoms with E-state index < -0.39 is 0 Å². The van der Waals surface area contributed by atoms with Crippen molar-refractivity contribution >= 4 is 12.6 Å². The van der Waals surface area contributed by atoms with Crippen molar-refractivity contribution in [1.29, 1.82) is 0 Å². The zero-order valence-corrected chi connectivity index (χ0v) is 5.07. The maximum Gasteiger partial charge on any atom is 0.109 e. The van der Waals surface area contributed by atoms with Gasteiger partial charge in [-0.1, -0.05) is 0 Å². The molecule has 0 rings (SSSR count). The van der Waals surface area contributed by atoms with E-state index >= 15 is 0 Å². The first-order valence-electron chi connectivity index (χ1n) is 1.93. The van der Waals surface area contributed by atoms with E-state index in [0.717, 1.165) is 0 Å². The molecule has 0 aliphatic rings. The van der Waals surface area contributed by atoms with Gasteiger partial charge < -0.3 is 10.8 Å². The van der Waals surface area contributed by atoms with E-state index in [1.807, 2.05) is 0 Å². The van der Waals surface area contributed by atoms with Gasteiger partial charge in [0.05, 0.1) is 5.70 Å². The predicted octanol–water partition coefficient (Wildman–Crippen LogP) is 0.664. The molecule has 2 nitrogen and oxygen atoms in total. The first kappa shape index (κ1) is 6.69. The first-order chi connectivity index (χ1) is 3.18. The Hall–Kier alpha value is -0.310. The Bertz CT molecular complexity index is 85.7. The molecule has 0 saturated heterocycles. The standard InChI is InChI=1S/C4H9NOS/c1-3(6)4(5)2-7/h6-7H,2,5H2,1H3/b4-3-. The molecular weight excluding hydrogens is 110 g/mol. The number of nitrogens with two attached hydrogens (primary N) is 1. The molecular formula is C4H9NOS. The van der Waals surface area contributed by atoms with Gasteiger partial charge in [-0.2, -0.15) is 12.6 Å². The molecule has 0 amide bonds. The molecule has 0 atom stereocenters. The Kier molecular flexibility index (Phi) is 2.67. The Labute approximate surface area is 48.4 Å². The van der Waals surface area contributed by atoms with Crippen molar-refractivity contribution in [3.63, 3.8) is 0 Å². The first-order valence-corrected chi connectivity index (χ1v) is 2.56. The van der Waals surface area contributed by atoms with Gasteiger partial charge in [-0.05, 0) is 6.92 Å². The summed E-state index contributed by atoms with van der Waals surface area (Å²) in [5.41, 5.74) is 5.60. The molecule has 0 aromatic rings. The molecule has 0 radical (unpaired) electrons. The third-order valence-electron chi connectivity index (χ3n) is 0.635. The molecule has 0 aliphatic heterocycles. The van der Waals surface area contributed by atoms with Crippen molar-refractivity contribution in [3.8, 4) is 0 Å². The van der Waals surface area contributed by atoms with Crippen LogP contribution in [0.3, 0.4) is 0 Å². The molecule has 0 unspecified atom stereocenters. The summed E-state index contributed by atoms with van der Waals surface area (Å²) in [5, 5.41) is 8.53. The van der Waals surface area contributed by atoms with Crippen LogP contribution in [0.5, 0.6) is 0 Å². The number of thiol groups is 1. The number of rotatable bonds is 1. The van der Waals surface area contributed by atoms with E-state index in [-0.39, 0.29) is 5.76 Å². The second kappa shape index (κ2) is 2.80. The highest BCUT2D eigenvalue weighted by atomic mass is 32.1. The zero-order valence-electron chi connectivity index (χ0n) is 4.18. The lowest BCUT2D eigenvalue weighted by molar-refractivity contribution is 0.406. The van der Waals surface area contributed by atoms with Crippen LogP contribution in [0.4, 0.5) is 0 Å². The van der Waals surface area contributed by atoms with Crippen LogP contribution < -0.4 is 5.73 Å². The van der Waals surface area contributed by atoms with Gasteiger partial charge in [0.2, 0.25) is 0 Å². The van der Waals surface area contributed by atoms with Crippen LogP contribution in [-0.4, -0.2) is 10.9 Å². The number of hydrogen-bond acceptors (Lipinski definition) is 3. The highest BCUT2D eigenvalue weighted by Crippen LogP contribution is 1.92. The summed E-state index contributed by atoms with van der Waals surface area (Å²) in [4.78, 5) is 0. The zero-order chi connectivity index (χ0) is 5.86. The van der Waals surface area contributed by atoms with E-state index in [9.17, 15) is 0 Å². The highest BCUT2D eigenvalue weighted by Gasteiger charge is 1.87. The van der Waals surface area contributed by atoms with E-state index in [1.165, 1.54) is 6.92 Å². The molecule has 0 aromatic heterocycles. The normalized spacial score (nSPS) is 13.4. The maximum absolute atomic E-state index is 8.53. The van der Waals surface area contributed by atoms with Crippen molar-refractivity contribution in [2.75, 3.05) is 5.75 Å². The maximum atomic E-state index is 8.53. The average molecular weight is 119 g/mol. The van der Waals surface area contributed by atoms with Gasteiger partial charge in [0, 0.05) is 5.75 Å². The summed E-state index contributed by atoms with van der Waals surface area (Å²) in [7, 11) is 0. The Morgan fingerprint density at radius 1 is 1.86 bits per heavy atom. The van der Waals surface area contributed by atoms with Gasteiger partial charge in [0.25, 0.3) is 0 Å². The molecule has 3 heteroatoms. The van der Waals surface area contributed by atoms with E-state index in [4.69, 9.17) is 10.8 Å². The smallest absolute Gasteiger partial charge is 0.109 e. The van der Waals surface area contributed by atoms with Gasteiger partial charge in [0.15, 0.2) is 0 Å². The van der Waals surface area contributed by atoms with Crippen molar-refractivity contribution in [2.45, 2.75) is 6.92 Å². The quantitative estimate of drug-likeness (QED) is 0.351. The fourth-order valence-electron chi connectivity index (χ4n) is 0.114. The van der Waals surface area contributed by atoms with Gasteiger partial charge in [-0.15, -0.1) is 0 Å². The van der Waals surface area contributed by atoms with Crippen LogP contribution in [0.1, 0.15) is 6.92 Å². The SMILES string of the molecule is C/C(O)=C(/N)CS. The summed E-state index contributed by atoms with van der Waals surface area (Å²) < 4.78 is 0. The molecule has 0 heterocycles. The minimum absolute atomic E-state index is 0.162. The van der Waals surface area contributed by atoms with Crippen LogP contribution in [0.2, 0.25) is 0 Å². The van der Waals surface area contributed by atoms with E-state index in [0.29, 0.717) is 11.4 Å². The van der Waals surface area contributed by atoms with Crippen LogP contribution in [-0.2, 0) is 0 Å². The van der Waals surface area contributed by atoms with Crippen molar-refractivity contribution in [1.82, 2.24) is 0 Å². The molecule has 3 N–H and O–H groups in total. The van der Waals surface area contributed by atoms with Crippen LogP contribution in [0.15, 0.2) is 11.5 Å². The molecule has 0 aromatic carbocycles. The summed E-state index contributed by atoms with van der Waals surface area (Å²) in [6.07, 6.45) is 0. The Morgan fingerprint density at radius 3 is 2.29 bits per heavy atom. The van der Waals surface area contributed by atoms with Gasteiger partial charge in [-0.3, -0.25) is 0 Å². The van der Waals surface area contributed by atoms with Gasteiger partial charge >= 0.3 is 0 Å². The van der Waals surface area contributed by atoms with E-state index in [2.05, 4.69) is 12.6 Å². The highest BCUT2D eigenvalue weighted by molar-refractivity contribution is 7.80. The van der Waals surface area contributed by atoms with Crippen molar-refractivity contribution < 1.29 is 5.11 Å². The molecule has 0 aliphatic carbocycles. The van der Waals surface area contributed by atoms with Crippen LogP contribution in [0, 0.1) is 0 Å². The number of aliphatic hydroxyl groups excluding tert-OH is 1. The Morgan fingerprint density at radius 2 is 2.29 bits per heavy atom. The third-order valence-corrected chi connectivity index (χ3v) is 0.976. The van der Waals surface area contributed by atoms with Crippen LogP contribution >= 0.6 is 12.6 Å². The van der Waals surface area contributed by atoms with Gasteiger partial charge in [-0.25, -0.2) is 0 Å². The summed E-state index contributed by atoms with van der Waals surface area (Å²) >= 11 is 3.81. The predicted molar refractivity (Wildman–Crippen MR) is 33.4 cm³/mol. The lowest BCUT2D eigenvalue weighted by Gasteiger charge is -1.93. The minimum Gasteiger partial charge on any atom is -0.511 e. The number of hydrogen-bond donors (Lipinski definition) is 3.